The van der Waals surface area contributed by atoms with E-state index in [-0.39, 0.29) is 0 Å². The van der Waals surface area contributed by atoms with Gasteiger partial charge >= 0.3 is 6.09 Å². The molecule has 106 valence electrons. The van der Waals surface area contributed by atoms with Crippen molar-refractivity contribution in [3.63, 3.8) is 0 Å². The molecule has 0 bridgehead atoms. The second-order valence-electron chi connectivity index (χ2n) is 5.31. The van der Waals surface area contributed by atoms with Gasteiger partial charge in [-0.25, -0.2) is 4.79 Å². The minimum absolute atomic E-state index is 0.569. The molecule has 1 N–H and O–H groups in total. The molecule has 1 atom stereocenters. The molecule has 1 rings (SSSR count). The summed E-state index contributed by atoms with van der Waals surface area (Å²) in [6, 6.07) is 3.24. The Balaban J connectivity index is 2.67. The summed E-state index contributed by atoms with van der Waals surface area (Å²) < 4.78 is 5.14. The van der Waals surface area contributed by atoms with Crippen LogP contribution >= 0.6 is 11.3 Å². The van der Waals surface area contributed by atoms with Gasteiger partial charge < -0.3 is 14.8 Å². The Kier molecular flexibility index (Phi) is 5.54. The van der Waals surface area contributed by atoms with E-state index in [1.54, 1.807) is 32.1 Å². The first-order valence-corrected chi connectivity index (χ1v) is 7.20. The maximum absolute atomic E-state index is 11.6. The van der Waals surface area contributed by atoms with E-state index >= 15 is 0 Å². The molecule has 0 fully saturated rings. The van der Waals surface area contributed by atoms with Crippen molar-refractivity contribution in [3.8, 4) is 0 Å². The lowest BCUT2D eigenvalue weighted by molar-refractivity contribution is -0.109. The average molecular weight is 283 g/mol. The van der Waals surface area contributed by atoms with E-state index < -0.39 is 17.7 Å². The zero-order valence-corrected chi connectivity index (χ0v) is 12.7. The summed E-state index contributed by atoms with van der Waals surface area (Å²) in [6.45, 7) is 7.46. The lowest BCUT2D eigenvalue weighted by atomic mass is 10.2. The zero-order valence-electron chi connectivity index (χ0n) is 11.9. The fourth-order valence-electron chi connectivity index (χ4n) is 1.55. The van der Waals surface area contributed by atoms with Crippen LogP contribution in [0.25, 0.3) is 0 Å². The molecule has 1 amide bonds. The van der Waals surface area contributed by atoms with Crippen LogP contribution in [0.4, 0.5) is 4.79 Å². The minimum Gasteiger partial charge on any atom is -0.444 e. The third kappa shape index (κ3) is 5.42. The monoisotopic (exact) mass is 283 g/mol. The fourth-order valence-corrected chi connectivity index (χ4v) is 2.67. The van der Waals surface area contributed by atoms with Crippen LogP contribution in [-0.4, -0.2) is 18.0 Å². The van der Waals surface area contributed by atoms with Crippen molar-refractivity contribution in [2.24, 2.45) is 0 Å². The Morgan fingerprint density at radius 1 is 1.47 bits per heavy atom. The SMILES string of the molecule is CCCc1ccc(C(C=O)NC(=O)OC(C)(C)C)s1. The normalized spacial score (nSPS) is 12.8. The molecular weight excluding hydrogens is 262 g/mol. The van der Waals surface area contributed by atoms with Crippen LogP contribution in [0.15, 0.2) is 12.1 Å². The number of rotatable bonds is 5. The van der Waals surface area contributed by atoms with E-state index in [0.29, 0.717) is 0 Å². The smallest absolute Gasteiger partial charge is 0.408 e. The number of alkyl carbamates (subject to hydrolysis) is 1. The Hall–Kier alpha value is -1.36. The van der Waals surface area contributed by atoms with Crippen LogP contribution in [0.1, 0.15) is 49.9 Å². The zero-order chi connectivity index (χ0) is 14.5. The van der Waals surface area contributed by atoms with E-state index in [4.69, 9.17) is 4.74 Å². The Morgan fingerprint density at radius 2 is 2.16 bits per heavy atom. The number of nitrogens with one attached hydrogen (secondary N) is 1. The molecule has 0 aliphatic rings. The second-order valence-corrected chi connectivity index (χ2v) is 6.51. The first-order valence-electron chi connectivity index (χ1n) is 6.39. The summed E-state index contributed by atoms with van der Waals surface area (Å²) >= 11 is 1.55. The molecule has 0 aromatic carbocycles. The van der Waals surface area contributed by atoms with Gasteiger partial charge in [-0.3, -0.25) is 0 Å². The number of hydrogen-bond acceptors (Lipinski definition) is 4. The Labute approximate surface area is 118 Å². The summed E-state index contributed by atoms with van der Waals surface area (Å²) in [6.07, 6.45) is 2.20. The summed E-state index contributed by atoms with van der Waals surface area (Å²) in [5.41, 5.74) is -0.569. The van der Waals surface area contributed by atoms with Gasteiger partial charge in [-0.2, -0.15) is 0 Å². The molecule has 0 saturated carbocycles. The van der Waals surface area contributed by atoms with E-state index in [1.165, 1.54) is 4.88 Å². The van der Waals surface area contributed by atoms with Gasteiger partial charge in [0.05, 0.1) is 0 Å². The summed E-state index contributed by atoms with van der Waals surface area (Å²) in [4.78, 5) is 24.8. The van der Waals surface area contributed by atoms with Crippen LogP contribution in [-0.2, 0) is 16.0 Å². The lowest BCUT2D eigenvalue weighted by Gasteiger charge is -2.21. The number of amides is 1. The summed E-state index contributed by atoms with van der Waals surface area (Å²) in [5, 5.41) is 2.58. The molecule has 0 aliphatic heterocycles. The average Bonchev–Trinajstić information content (AvgIpc) is 2.72. The van der Waals surface area contributed by atoms with Crippen molar-refractivity contribution >= 4 is 23.7 Å². The van der Waals surface area contributed by atoms with Crippen LogP contribution in [0.2, 0.25) is 0 Å². The van der Waals surface area contributed by atoms with Crippen molar-refractivity contribution < 1.29 is 14.3 Å². The summed E-state index contributed by atoms with van der Waals surface area (Å²) in [7, 11) is 0. The molecule has 1 unspecified atom stereocenters. The number of ether oxygens (including phenoxy) is 1. The number of aldehydes is 1. The molecule has 5 heteroatoms. The molecule has 0 radical (unpaired) electrons. The molecule has 19 heavy (non-hydrogen) atoms. The first kappa shape index (κ1) is 15.7. The van der Waals surface area contributed by atoms with Crippen molar-refractivity contribution in [2.45, 2.75) is 52.2 Å². The van der Waals surface area contributed by atoms with E-state index in [1.807, 2.05) is 12.1 Å². The van der Waals surface area contributed by atoms with E-state index in [9.17, 15) is 9.59 Å². The van der Waals surface area contributed by atoms with Gasteiger partial charge in [-0.1, -0.05) is 13.3 Å². The third-order valence-corrected chi connectivity index (χ3v) is 3.52. The molecule has 0 spiro atoms. The Bertz CT molecular complexity index is 434. The number of hydrogen-bond donors (Lipinski definition) is 1. The fraction of sp³-hybridized carbons (Fsp3) is 0.571. The highest BCUT2D eigenvalue weighted by molar-refractivity contribution is 7.12. The highest BCUT2D eigenvalue weighted by atomic mass is 32.1. The van der Waals surface area contributed by atoms with Crippen molar-refractivity contribution in [1.29, 1.82) is 0 Å². The molecule has 0 saturated heterocycles. The first-order chi connectivity index (χ1) is 8.85. The quantitative estimate of drug-likeness (QED) is 0.842. The summed E-state index contributed by atoms with van der Waals surface area (Å²) in [5.74, 6) is 0. The molecular formula is C14H21NO3S. The lowest BCUT2D eigenvalue weighted by Crippen LogP contribution is -2.35. The predicted molar refractivity (Wildman–Crippen MR) is 76.5 cm³/mol. The van der Waals surface area contributed by atoms with Crippen LogP contribution in [0.3, 0.4) is 0 Å². The van der Waals surface area contributed by atoms with Gasteiger partial charge in [-0.15, -0.1) is 11.3 Å². The maximum Gasteiger partial charge on any atom is 0.408 e. The predicted octanol–water partition coefficient (Wildman–Crippen LogP) is 3.47. The van der Waals surface area contributed by atoms with Gasteiger partial charge in [0.2, 0.25) is 0 Å². The number of carbonyl (C=O) groups is 2. The molecule has 0 aliphatic carbocycles. The van der Waals surface area contributed by atoms with Gasteiger partial charge in [0, 0.05) is 9.75 Å². The number of aryl methyl sites for hydroxylation is 1. The number of carbonyl (C=O) groups excluding carboxylic acids is 2. The van der Waals surface area contributed by atoms with Crippen molar-refractivity contribution in [1.82, 2.24) is 5.32 Å². The van der Waals surface area contributed by atoms with Crippen LogP contribution < -0.4 is 5.32 Å². The van der Waals surface area contributed by atoms with E-state index in [0.717, 1.165) is 24.0 Å². The minimum atomic E-state index is -0.634. The van der Waals surface area contributed by atoms with Crippen molar-refractivity contribution in [2.75, 3.05) is 0 Å². The van der Waals surface area contributed by atoms with E-state index in [2.05, 4.69) is 12.2 Å². The third-order valence-electron chi connectivity index (χ3n) is 2.29. The van der Waals surface area contributed by atoms with Gasteiger partial charge in [0.1, 0.15) is 17.9 Å². The molecule has 1 heterocycles. The van der Waals surface area contributed by atoms with Gasteiger partial charge in [0.25, 0.3) is 0 Å². The maximum atomic E-state index is 11.6. The number of thiophene rings is 1. The highest BCUT2D eigenvalue weighted by Crippen LogP contribution is 2.23. The molecule has 4 nitrogen and oxygen atoms in total. The van der Waals surface area contributed by atoms with Crippen LogP contribution in [0, 0.1) is 0 Å². The largest absolute Gasteiger partial charge is 0.444 e. The molecule has 1 aromatic heterocycles. The topological polar surface area (TPSA) is 55.4 Å². The second kappa shape index (κ2) is 6.70. The highest BCUT2D eigenvalue weighted by Gasteiger charge is 2.21. The molecule has 1 aromatic rings. The van der Waals surface area contributed by atoms with Crippen LogP contribution in [0.5, 0.6) is 0 Å². The van der Waals surface area contributed by atoms with Gasteiger partial charge in [-0.05, 0) is 39.3 Å². The standard InChI is InChI=1S/C14H21NO3S/c1-5-6-10-7-8-12(19-10)11(9-16)15-13(17)18-14(2,3)4/h7-9,11H,5-6H2,1-4H3,(H,15,17). The Morgan fingerprint density at radius 3 is 2.68 bits per heavy atom. The van der Waals surface area contributed by atoms with Crippen molar-refractivity contribution in [3.05, 3.63) is 21.9 Å². The van der Waals surface area contributed by atoms with Gasteiger partial charge in [0.15, 0.2) is 0 Å².